The minimum atomic E-state index is 0.612. The third-order valence-electron chi connectivity index (χ3n) is 3.47. The van der Waals surface area contributed by atoms with Gasteiger partial charge < -0.3 is 5.73 Å². The summed E-state index contributed by atoms with van der Waals surface area (Å²) in [5, 5.41) is 1.09. The maximum atomic E-state index is 6.05. The maximum Gasteiger partial charge on any atom is 0.161 e. The lowest BCUT2D eigenvalue weighted by atomic mass is 10.1. The summed E-state index contributed by atoms with van der Waals surface area (Å²) >= 11 is 1.83. The van der Waals surface area contributed by atoms with E-state index in [2.05, 4.69) is 21.0 Å². The molecule has 0 saturated carbocycles. The summed E-state index contributed by atoms with van der Waals surface area (Å²) in [5.41, 5.74) is 10.2. The van der Waals surface area contributed by atoms with E-state index in [1.54, 1.807) is 6.20 Å². The quantitative estimate of drug-likeness (QED) is 0.742. The van der Waals surface area contributed by atoms with Crippen molar-refractivity contribution in [2.24, 2.45) is 0 Å². The molecule has 0 aliphatic carbocycles. The van der Waals surface area contributed by atoms with E-state index in [-0.39, 0.29) is 0 Å². The summed E-state index contributed by atoms with van der Waals surface area (Å²) in [5.74, 6) is 3.16. The number of rotatable bonds is 1. The number of benzene rings is 1. The molecule has 0 atom stereocenters. The molecule has 4 rings (SSSR count). The van der Waals surface area contributed by atoms with Gasteiger partial charge in [0, 0.05) is 34.2 Å². The van der Waals surface area contributed by atoms with Crippen molar-refractivity contribution in [3.8, 4) is 11.4 Å². The molecule has 0 bridgehead atoms. The maximum absolute atomic E-state index is 6.05. The molecule has 20 heavy (non-hydrogen) atoms. The summed E-state index contributed by atoms with van der Waals surface area (Å²) < 4.78 is 0. The normalized spacial score (nSPS) is 13.6. The predicted octanol–water partition coefficient (Wildman–Crippen LogP) is 3.02. The molecule has 0 saturated heterocycles. The fourth-order valence-electron chi connectivity index (χ4n) is 2.42. The zero-order valence-corrected chi connectivity index (χ0v) is 11.5. The average Bonchev–Trinajstić information content (AvgIpc) is 2.96. The molecule has 2 N–H and O–H groups in total. The molecular formula is C15H12N4S. The first-order valence-electron chi connectivity index (χ1n) is 6.39. The van der Waals surface area contributed by atoms with Crippen LogP contribution in [0.15, 0.2) is 36.5 Å². The van der Waals surface area contributed by atoms with Crippen molar-refractivity contribution >= 4 is 28.5 Å². The summed E-state index contributed by atoms with van der Waals surface area (Å²) in [6, 6.07) is 10.0. The van der Waals surface area contributed by atoms with E-state index in [9.17, 15) is 0 Å². The van der Waals surface area contributed by atoms with Gasteiger partial charge in [0.05, 0.1) is 11.2 Å². The van der Waals surface area contributed by atoms with Crippen LogP contribution >= 0.6 is 11.8 Å². The van der Waals surface area contributed by atoms with Crippen LogP contribution in [0.5, 0.6) is 0 Å². The Bertz CT molecular complexity index is 816. The van der Waals surface area contributed by atoms with Crippen LogP contribution in [0.1, 0.15) is 11.3 Å². The molecule has 4 nitrogen and oxygen atoms in total. The summed E-state index contributed by atoms with van der Waals surface area (Å²) in [6.45, 7) is 0. The van der Waals surface area contributed by atoms with E-state index in [4.69, 9.17) is 5.73 Å². The van der Waals surface area contributed by atoms with Crippen LogP contribution in [-0.4, -0.2) is 15.0 Å². The van der Waals surface area contributed by atoms with Gasteiger partial charge in [0.15, 0.2) is 5.82 Å². The Hall–Kier alpha value is -2.14. The molecule has 3 heterocycles. The first kappa shape index (κ1) is 11.7. The number of anilines is 1. The van der Waals surface area contributed by atoms with Gasteiger partial charge in [-0.05, 0) is 24.3 Å². The number of nitrogens with two attached hydrogens (primary N) is 1. The number of hydrogen-bond donors (Lipinski definition) is 1. The molecule has 2 aromatic heterocycles. The molecule has 0 amide bonds. The Labute approximate surface area is 120 Å². The summed E-state index contributed by atoms with van der Waals surface area (Å²) in [6.07, 6.45) is 1.79. The fourth-order valence-corrected chi connectivity index (χ4v) is 3.47. The second-order valence-corrected chi connectivity index (χ2v) is 5.75. The minimum absolute atomic E-state index is 0.612. The van der Waals surface area contributed by atoms with Gasteiger partial charge in [0.1, 0.15) is 5.82 Å². The molecule has 1 aromatic carbocycles. The van der Waals surface area contributed by atoms with E-state index >= 15 is 0 Å². The van der Waals surface area contributed by atoms with Gasteiger partial charge >= 0.3 is 0 Å². The standard InChI is InChI=1S/C15H12N4S/c16-14-11-7-20-8-13(11)18-15(19-14)10-3-4-12-9(6-10)2-1-5-17-12/h1-6H,7-8H2,(H2,16,18,19). The third-order valence-corrected chi connectivity index (χ3v) is 4.44. The van der Waals surface area contributed by atoms with Crippen LogP contribution in [-0.2, 0) is 11.5 Å². The molecule has 0 fully saturated rings. The van der Waals surface area contributed by atoms with Gasteiger partial charge in [-0.25, -0.2) is 9.97 Å². The molecule has 1 aliphatic heterocycles. The summed E-state index contributed by atoms with van der Waals surface area (Å²) in [4.78, 5) is 13.4. The van der Waals surface area contributed by atoms with Gasteiger partial charge in [0.25, 0.3) is 0 Å². The Balaban J connectivity index is 1.88. The highest BCUT2D eigenvalue weighted by Crippen LogP contribution is 2.33. The van der Waals surface area contributed by atoms with Gasteiger partial charge in [-0.2, -0.15) is 11.8 Å². The molecule has 0 radical (unpaired) electrons. The smallest absolute Gasteiger partial charge is 0.161 e. The fraction of sp³-hybridized carbons (Fsp3) is 0.133. The highest BCUT2D eigenvalue weighted by Gasteiger charge is 2.18. The number of fused-ring (bicyclic) bond motifs is 2. The Morgan fingerprint density at radius 1 is 1.10 bits per heavy atom. The zero-order chi connectivity index (χ0) is 13.5. The van der Waals surface area contributed by atoms with Crippen molar-refractivity contribution < 1.29 is 0 Å². The van der Waals surface area contributed by atoms with Crippen LogP contribution in [0.2, 0.25) is 0 Å². The molecule has 0 unspecified atom stereocenters. The van der Waals surface area contributed by atoms with Gasteiger partial charge in [0.2, 0.25) is 0 Å². The molecule has 5 heteroatoms. The van der Waals surface area contributed by atoms with Crippen LogP contribution in [0.25, 0.3) is 22.3 Å². The average molecular weight is 280 g/mol. The second-order valence-electron chi connectivity index (χ2n) is 4.76. The number of nitrogen functional groups attached to an aromatic ring is 1. The van der Waals surface area contributed by atoms with E-state index in [0.717, 1.165) is 39.2 Å². The lowest BCUT2D eigenvalue weighted by Crippen LogP contribution is -2.02. The number of hydrogen-bond acceptors (Lipinski definition) is 5. The van der Waals surface area contributed by atoms with Gasteiger partial charge in [-0.15, -0.1) is 0 Å². The molecular weight excluding hydrogens is 268 g/mol. The van der Waals surface area contributed by atoms with Crippen molar-refractivity contribution in [3.05, 3.63) is 47.8 Å². The lowest BCUT2D eigenvalue weighted by molar-refractivity contribution is 1.08. The zero-order valence-electron chi connectivity index (χ0n) is 10.7. The van der Waals surface area contributed by atoms with Crippen molar-refractivity contribution in [1.29, 1.82) is 0 Å². The number of nitrogens with zero attached hydrogens (tertiary/aromatic N) is 3. The molecule has 98 valence electrons. The Morgan fingerprint density at radius 3 is 3.00 bits per heavy atom. The van der Waals surface area contributed by atoms with Crippen LogP contribution < -0.4 is 5.73 Å². The number of pyridine rings is 1. The van der Waals surface area contributed by atoms with Crippen molar-refractivity contribution in [3.63, 3.8) is 0 Å². The highest BCUT2D eigenvalue weighted by atomic mass is 32.2. The van der Waals surface area contributed by atoms with E-state index in [0.29, 0.717) is 11.6 Å². The van der Waals surface area contributed by atoms with E-state index in [1.165, 1.54) is 0 Å². The number of thioether (sulfide) groups is 1. The lowest BCUT2D eigenvalue weighted by Gasteiger charge is -2.07. The monoisotopic (exact) mass is 280 g/mol. The van der Waals surface area contributed by atoms with E-state index in [1.807, 2.05) is 36.0 Å². The highest BCUT2D eigenvalue weighted by molar-refractivity contribution is 7.98. The van der Waals surface area contributed by atoms with Crippen LogP contribution in [0, 0.1) is 0 Å². The predicted molar refractivity (Wildman–Crippen MR) is 82.2 cm³/mol. The Kier molecular flexibility index (Phi) is 2.60. The number of aromatic nitrogens is 3. The molecule has 3 aromatic rings. The van der Waals surface area contributed by atoms with Crippen molar-refractivity contribution in [1.82, 2.24) is 15.0 Å². The van der Waals surface area contributed by atoms with Crippen molar-refractivity contribution in [2.45, 2.75) is 11.5 Å². The third kappa shape index (κ3) is 1.82. The van der Waals surface area contributed by atoms with Gasteiger partial charge in [-0.1, -0.05) is 6.07 Å². The van der Waals surface area contributed by atoms with Crippen LogP contribution in [0.3, 0.4) is 0 Å². The summed E-state index contributed by atoms with van der Waals surface area (Å²) in [7, 11) is 0. The Morgan fingerprint density at radius 2 is 2.05 bits per heavy atom. The topological polar surface area (TPSA) is 64.7 Å². The van der Waals surface area contributed by atoms with Crippen molar-refractivity contribution in [2.75, 3.05) is 5.73 Å². The first-order chi connectivity index (χ1) is 9.81. The van der Waals surface area contributed by atoms with E-state index < -0.39 is 0 Å². The SMILES string of the molecule is Nc1nc(-c2ccc3ncccc3c2)nc2c1CSC2. The molecule has 1 aliphatic rings. The minimum Gasteiger partial charge on any atom is -0.383 e. The second kappa shape index (κ2) is 4.45. The van der Waals surface area contributed by atoms with Crippen LogP contribution in [0.4, 0.5) is 5.82 Å². The largest absolute Gasteiger partial charge is 0.383 e. The molecule has 0 spiro atoms. The first-order valence-corrected chi connectivity index (χ1v) is 7.55. The van der Waals surface area contributed by atoms with Gasteiger partial charge in [-0.3, -0.25) is 4.98 Å².